The lowest BCUT2D eigenvalue weighted by atomic mass is 9.90. The van der Waals surface area contributed by atoms with Gasteiger partial charge in [-0.3, -0.25) is 0 Å². The molecule has 1 aromatic rings. The van der Waals surface area contributed by atoms with Crippen molar-refractivity contribution < 1.29 is 0 Å². The Hall–Kier alpha value is -1.03. The summed E-state index contributed by atoms with van der Waals surface area (Å²) in [5.41, 5.74) is 0. The van der Waals surface area contributed by atoms with E-state index in [1.54, 1.807) is 0 Å². The van der Waals surface area contributed by atoms with Gasteiger partial charge in [0.25, 0.3) is 0 Å². The third kappa shape index (κ3) is 2.70. The number of rotatable bonds is 3. The number of aromatic nitrogens is 2. The first-order valence-electron chi connectivity index (χ1n) is 8.93. The molecule has 4 nitrogen and oxygen atoms in total. The highest BCUT2D eigenvalue weighted by atomic mass is 15.3. The molecule has 0 bridgehead atoms. The average Bonchev–Trinajstić information content (AvgIpc) is 3.26. The van der Waals surface area contributed by atoms with Crippen molar-refractivity contribution in [3.8, 4) is 0 Å². The van der Waals surface area contributed by atoms with E-state index >= 15 is 0 Å². The van der Waals surface area contributed by atoms with E-state index in [1.807, 2.05) is 6.20 Å². The minimum Gasteiger partial charge on any atom is -0.342 e. The standard InChI is InChI=1S/C17H28N4/c1-2-7-15(6-1)21-12-10-19-17(21)20-11-4-5-14(13-20)16-8-3-9-18-16/h10,12,14-16,18H,1-9,11,13H2. The summed E-state index contributed by atoms with van der Waals surface area (Å²) in [6, 6.07) is 1.45. The van der Waals surface area contributed by atoms with Crippen molar-refractivity contribution in [3.63, 3.8) is 0 Å². The maximum Gasteiger partial charge on any atom is 0.205 e. The molecule has 4 rings (SSSR count). The molecule has 21 heavy (non-hydrogen) atoms. The van der Waals surface area contributed by atoms with E-state index in [9.17, 15) is 0 Å². The molecule has 2 unspecified atom stereocenters. The predicted octanol–water partition coefficient (Wildman–Crippen LogP) is 2.97. The average molecular weight is 288 g/mol. The van der Waals surface area contributed by atoms with E-state index in [4.69, 9.17) is 4.98 Å². The van der Waals surface area contributed by atoms with Gasteiger partial charge >= 0.3 is 0 Å². The van der Waals surface area contributed by atoms with Crippen molar-refractivity contribution in [2.24, 2.45) is 5.92 Å². The SMILES string of the molecule is c1cn(C2CCCC2)c(N2CCCC(C3CCCN3)C2)n1. The van der Waals surface area contributed by atoms with E-state index in [2.05, 4.69) is 21.0 Å². The summed E-state index contributed by atoms with van der Waals surface area (Å²) in [6.07, 6.45) is 15.1. The van der Waals surface area contributed by atoms with Gasteiger partial charge in [-0.1, -0.05) is 12.8 Å². The summed E-state index contributed by atoms with van der Waals surface area (Å²) >= 11 is 0. The van der Waals surface area contributed by atoms with E-state index in [0.717, 1.165) is 12.0 Å². The summed E-state index contributed by atoms with van der Waals surface area (Å²) in [4.78, 5) is 7.28. The van der Waals surface area contributed by atoms with Crippen LogP contribution in [0.3, 0.4) is 0 Å². The molecule has 3 aliphatic rings. The summed E-state index contributed by atoms with van der Waals surface area (Å²) in [7, 11) is 0. The molecular formula is C17H28N4. The molecule has 1 aromatic heterocycles. The highest BCUT2D eigenvalue weighted by Crippen LogP contribution is 2.34. The molecule has 116 valence electrons. The molecular weight excluding hydrogens is 260 g/mol. The number of nitrogens with one attached hydrogen (secondary N) is 1. The smallest absolute Gasteiger partial charge is 0.205 e. The molecule has 2 aliphatic heterocycles. The monoisotopic (exact) mass is 288 g/mol. The lowest BCUT2D eigenvalue weighted by Crippen LogP contribution is -2.44. The van der Waals surface area contributed by atoms with Gasteiger partial charge in [0.2, 0.25) is 5.95 Å². The Morgan fingerprint density at radius 3 is 2.76 bits per heavy atom. The number of nitrogens with zero attached hydrogens (tertiary/aromatic N) is 3. The van der Waals surface area contributed by atoms with Crippen LogP contribution in [-0.2, 0) is 0 Å². The topological polar surface area (TPSA) is 33.1 Å². The van der Waals surface area contributed by atoms with Gasteiger partial charge in [0.1, 0.15) is 0 Å². The third-order valence-electron chi connectivity index (χ3n) is 5.77. The van der Waals surface area contributed by atoms with Crippen molar-refractivity contribution in [2.75, 3.05) is 24.5 Å². The molecule has 1 N–H and O–H groups in total. The number of imidazole rings is 1. The van der Waals surface area contributed by atoms with Crippen LogP contribution in [0.4, 0.5) is 5.95 Å². The van der Waals surface area contributed by atoms with Gasteiger partial charge in [0.15, 0.2) is 0 Å². The largest absolute Gasteiger partial charge is 0.342 e. The predicted molar refractivity (Wildman–Crippen MR) is 85.7 cm³/mol. The minimum atomic E-state index is 0.701. The van der Waals surface area contributed by atoms with Crippen molar-refractivity contribution in [1.82, 2.24) is 14.9 Å². The quantitative estimate of drug-likeness (QED) is 0.928. The summed E-state index contributed by atoms with van der Waals surface area (Å²) < 4.78 is 2.47. The van der Waals surface area contributed by atoms with Gasteiger partial charge in [0.05, 0.1) is 0 Å². The van der Waals surface area contributed by atoms with Crippen LogP contribution in [0, 0.1) is 5.92 Å². The van der Waals surface area contributed by atoms with Crippen molar-refractivity contribution in [2.45, 2.75) is 63.5 Å². The molecule has 3 heterocycles. The molecule has 4 heteroatoms. The second kappa shape index (κ2) is 5.99. The normalized spacial score (nSPS) is 31.1. The molecule has 3 fully saturated rings. The first kappa shape index (κ1) is 13.6. The molecule has 0 radical (unpaired) electrons. The van der Waals surface area contributed by atoms with Crippen LogP contribution in [0.1, 0.15) is 57.4 Å². The second-order valence-corrected chi connectivity index (χ2v) is 7.12. The Labute approximate surface area is 127 Å². The third-order valence-corrected chi connectivity index (χ3v) is 5.77. The first-order valence-corrected chi connectivity index (χ1v) is 8.93. The van der Waals surface area contributed by atoms with Crippen molar-refractivity contribution >= 4 is 5.95 Å². The Morgan fingerprint density at radius 1 is 1.05 bits per heavy atom. The van der Waals surface area contributed by atoms with E-state index in [1.165, 1.54) is 76.9 Å². The second-order valence-electron chi connectivity index (χ2n) is 7.12. The van der Waals surface area contributed by atoms with Crippen LogP contribution in [0.5, 0.6) is 0 Å². The number of hydrogen-bond acceptors (Lipinski definition) is 3. The molecule has 1 saturated carbocycles. The van der Waals surface area contributed by atoms with Gasteiger partial charge < -0.3 is 14.8 Å². The van der Waals surface area contributed by atoms with Crippen LogP contribution in [0.25, 0.3) is 0 Å². The Bertz CT molecular complexity index is 457. The lowest BCUT2D eigenvalue weighted by molar-refractivity contribution is 0.324. The van der Waals surface area contributed by atoms with Gasteiger partial charge in [0, 0.05) is 37.6 Å². The van der Waals surface area contributed by atoms with Gasteiger partial charge in [-0.25, -0.2) is 4.98 Å². The Balaban J connectivity index is 1.49. The van der Waals surface area contributed by atoms with E-state index in [0.29, 0.717) is 6.04 Å². The zero-order valence-electron chi connectivity index (χ0n) is 13.0. The maximum atomic E-state index is 4.71. The fourth-order valence-electron chi connectivity index (χ4n) is 4.65. The Kier molecular flexibility index (Phi) is 3.89. The van der Waals surface area contributed by atoms with Crippen LogP contribution in [0.2, 0.25) is 0 Å². The fourth-order valence-corrected chi connectivity index (χ4v) is 4.65. The van der Waals surface area contributed by atoms with Gasteiger partial charge in [-0.05, 0) is 51.0 Å². The van der Waals surface area contributed by atoms with Crippen molar-refractivity contribution in [1.29, 1.82) is 0 Å². The number of anilines is 1. The maximum absolute atomic E-state index is 4.71. The van der Waals surface area contributed by atoms with Crippen LogP contribution in [-0.4, -0.2) is 35.2 Å². The first-order chi connectivity index (χ1) is 10.4. The van der Waals surface area contributed by atoms with Gasteiger partial charge in [-0.2, -0.15) is 0 Å². The van der Waals surface area contributed by atoms with Crippen molar-refractivity contribution in [3.05, 3.63) is 12.4 Å². The minimum absolute atomic E-state index is 0.701. The van der Waals surface area contributed by atoms with Crippen LogP contribution in [0.15, 0.2) is 12.4 Å². The lowest BCUT2D eigenvalue weighted by Gasteiger charge is -2.37. The molecule has 0 amide bonds. The van der Waals surface area contributed by atoms with Crippen LogP contribution >= 0.6 is 0 Å². The number of piperidine rings is 1. The molecule has 0 aromatic carbocycles. The zero-order valence-corrected chi connectivity index (χ0v) is 13.0. The molecule has 1 aliphatic carbocycles. The highest BCUT2D eigenvalue weighted by molar-refractivity contribution is 5.33. The van der Waals surface area contributed by atoms with Gasteiger partial charge in [-0.15, -0.1) is 0 Å². The van der Waals surface area contributed by atoms with E-state index < -0.39 is 0 Å². The summed E-state index contributed by atoms with van der Waals surface area (Å²) in [5.74, 6) is 2.06. The fraction of sp³-hybridized carbons (Fsp3) is 0.824. The molecule has 0 spiro atoms. The zero-order chi connectivity index (χ0) is 14.1. The Morgan fingerprint density at radius 2 is 1.95 bits per heavy atom. The highest BCUT2D eigenvalue weighted by Gasteiger charge is 2.31. The molecule has 2 saturated heterocycles. The van der Waals surface area contributed by atoms with Crippen LogP contribution < -0.4 is 10.2 Å². The summed E-state index contributed by atoms with van der Waals surface area (Å²) in [5, 5.41) is 3.71. The van der Waals surface area contributed by atoms with E-state index in [-0.39, 0.29) is 0 Å². The summed E-state index contributed by atoms with van der Waals surface area (Å²) in [6.45, 7) is 3.60. The number of hydrogen-bond donors (Lipinski definition) is 1. The molecule has 2 atom stereocenters.